The first-order valence-electron chi connectivity index (χ1n) is 5.79. The van der Waals surface area contributed by atoms with Crippen molar-refractivity contribution in [3.8, 4) is 6.07 Å². The molecule has 0 saturated carbocycles. The minimum atomic E-state index is -3.68. The number of hydrogen-bond donors (Lipinski definition) is 2. The average Bonchev–Trinajstić information content (AvgIpc) is 2.23. The summed E-state index contributed by atoms with van der Waals surface area (Å²) in [7, 11) is -3.68. The summed E-state index contributed by atoms with van der Waals surface area (Å²) >= 11 is 0. The Morgan fingerprint density at radius 3 is 2.33 bits per heavy atom. The fraction of sp³-hybridized carbons (Fsp3) is 0.818. The highest BCUT2D eigenvalue weighted by molar-refractivity contribution is 7.90. The molecular formula is C11H20N2O4S. The number of nitriles is 1. The summed E-state index contributed by atoms with van der Waals surface area (Å²) in [4.78, 5) is 10.7. The molecule has 6 nitrogen and oxygen atoms in total. The Bertz CT molecular complexity index is 411. The number of carboxylic acid groups (broad SMARTS) is 1. The van der Waals surface area contributed by atoms with Crippen LogP contribution in [-0.2, 0) is 14.8 Å². The number of carboxylic acids is 1. The van der Waals surface area contributed by atoms with E-state index in [1.54, 1.807) is 6.07 Å². The fourth-order valence-electron chi connectivity index (χ4n) is 1.58. The van der Waals surface area contributed by atoms with Crippen LogP contribution in [0.5, 0.6) is 0 Å². The lowest BCUT2D eigenvalue weighted by molar-refractivity contribution is -0.138. The summed E-state index contributed by atoms with van der Waals surface area (Å²) in [6, 6.07) is 1.64. The van der Waals surface area contributed by atoms with Gasteiger partial charge in [0.15, 0.2) is 5.25 Å². The van der Waals surface area contributed by atoms with Crippen molar-refractivity contribution < 1.29 is 18.3 Å². The number of nitrogens with zero attached hydrogens (tertiary/aromatic N) is 1. The molecule has 104 valence electrons. The molecule has 0 heterocycles. The molecule has 2 N–H and O–H groups in total. The van der Waals surface area contributed by atoms with Crippen molar-refractivity contribution in [2.24, 2.45) is 11.8 Å². The summed E-state index contributed by atoms with van der Waals surface area (Å²) in [5.74, 6) is -0.927. The van der Waals surface area contributed by atoms with Gasteiger partial charge in [-0.05, 0) is 25.2 Å². The molecule has 0 aromatic carbocycles. The Hall–Kier alpha value is -1.13. The topological polar surface area (TPSA) is 107 Å². The summed E-state index contributed by atoms with van der Waals surface area (Å²) in [6.45, 7) is 5.23. The Balaban J connectivity index is 4.52. The quantitative estimate of drug-likeness (QED) is 0.686. The first kappa shape index (κ1) is 16.9. The van der Waals surface area contributed by atoms with E-state index in [0.29, 0.717) is 6.42 Å². The van der Waals surface area contributed by atoms with E-state index in [4.69, 9.17) is 10.4 Å². The Morgan fingerprint density at radius 1 is 1.39 bits per heavy atom. The smallest absolute Gasteiger partial charge is 0.303 e. The van der Waals surface area contributed by atoms with Crippen LogP contribution in [0.25, 0.3) is 0 Å². The number of nitrogens with one attached hydrogen (secondary N) is 1. The predicted octanol–water partition coefficient (Wildman–Crippen LogP) is 0.955. The van der Waals surface area contributed by atoms with Crippen molar-refractivity contribution in [2.75, 3.05) is 6.54 Å². The first-order valence-corrected chi connectivity index (χ1v) is 7.33. The summed E-state index contributed by atoms with van der Waals surface area (Å²) in [5.41, 5.74) is 0. The molecule has 0 aliphatic carbocycles. The Kier molecular flexibility index (Phi) is 6.88. The maximum absolute atomic E-state index is 11.6. The van der Waals surface area contributed by atoms with Crippen molar-refractivity contribution >= 4 is 16.0 Å². The normalized spacial score (nSPS) is 15.1. The van der Waals surface area contributed by atoms with Crippen LogP contribution in [0.15, 0.2) is 0 Å². The van der Waals surface area contributed by atoms with Crippen LogP contribution in [0.2, 0.25) is 0 Å². The number of carbonyl (C=O) groups is 1. The predicted molar refractivity (Wildman–Crippen MR) is 67.2 cm³/mol. The number of aliphatic carboxylic acids is 1. The molecule has 0 rings (SSSR count). The molecule has 0 radical (unpaired) electrons. The molecule has 0 aliphatic rings. The molecule has 0 aromatic heterocycles. The van der Waals surface area contributed by atoms with E-state index in [2.05, 4.69) is 4.72 Å². The second-order valence-electron chi connectivity index (χ2n) is 4.76. The maximum Gasteiger partial charge on any atom is 0.303 e. The Labute approximate surface area is 108 Å². The monoisotopic (exact) mass is 276 g/mol. The van der Waals surface area contributed by atoms with Gasteiger partial charge in [0.05, 0.1) is 6.07 Å². The van der Waals surface area contributed by atoms with Crippen molar-refractivity contribution in [1.29, 1.82) is 5.26 Å². The molecular weight excluding hydrogens is 256 g/mol. The van der Waals surface area contributed by atoms with Gasteiger partial charge in [0.25, 0.3) is 0 Å². The molecule has 0 aromatic rings. The minimum absolute atomic E-state index is 0.0544. The highest BCUT2D eigenvalue weighted by Gasteiger charge is 2.22. The lowest BCUT2D eigenvalue weighted by Gasteiger charge is -2.18. The van der Waals surface area contributed by atoms with Crippen LogP contribution in [-0.4, -0.2) is 31.3 Å². The maximum atomic E-state index is 11.6. The summed E-state index contributed by atoms with van der Waals surface area (Å²) in [5, 5.41) is 16.2. The zero-order valence-electron chi connectivity index (χ0n) is 10.9. The van der Waals surface area contributed by atoms with E-state index in [1.165, 1.54) is 6.92 Å². The van der Waals surface area contributed by atoms with Crippen LogP contribution < -0.4 is 4.72 Å². The van der Waals surface area contributed by atoms with Crippen LogP contribution in [0.1, 0.15) is 33.6 Å². The van der Waals surface area contributed by atoms with E-state index < -0.39 is 21.2 Å². The lowest BCUT2D eigenvalue weighted by Crippen LogP contribution is -2.36. The van der Waals surface area contributed by atoms with Gasteiger partial charge in [0, 0.05) is 13.0 Å². The number of rotatable bonds is 8. The van der Waals surface area contributed by atoms with E-state index >= 15 is 0 Å². The molecule has 7 heteroatoms. The Morgan fingerprint density at radius 2 is 1.94 bits per heavy atom. The largest absolute Gasteiger partial charge is 0.481 e. The van der Waals surface area contributed by atoms with Crippen molar-refractivity contribution in [1.82, 2.24) is 4.72 Å². The van der Waals surface area contributed by atoms with Gasteiger partial charge in [-0.25, -0.2) is 13.1 Å². The van der Waals surface area contributed by atoms with Gasteiger partial charge in [0.1, 0.15) is 0 Å². The van der Waals surface area contributed by atoms with Crippen LogP contribution in [0.3, 0.4) is 0 Å². The van der Waals surface area contributed by atoms with Gasteiger partial charge < -0.3 is 5.11 Å². The third kappa shape index (κ3) is 6.57. The van der Waals surface area contributed by atoms with Crippen LogP contribution >= 0.6 is 0 Å². The van der Waals surface area contributed by atoms with Gasteiger partial charge in [-0.3, -0.25) is 4.79 Å². The van der Waals surface area contributed by atoms with E-state index in [1.807, 2.05) is 13.8 Å². The molecule has 0 aliphatic heterocycles. The number of hydrogen-bond acceptors (Lipinski definition) is 4. The highest BCUT2D eigenvalue weighted by Crippen LogP contribution is 2.15. The third-order valence-electron chi connectivity index (χ3n) is 2.49. The first-order chi connectivity index (χ1) is 8.19. The molecule has 18 heavy (non-hydrogen) atoms. The highest BCUT2D eigenvalue weighted by atomic mass is 32.2. The fourth-order valence-corrected chi connectivity index (χ4v) is 2.44. The summed E-state index contributed by atoms with van der Waals surface area (Å²) < 4.78 is 25.4. The van der Waals surface area contributed by atoms with Gasteiger partial charge >= 0.3 is 5.97 Å². The van der Waals surface area contributed by atoms with Crippen LogP contribution in [0.4, 0.5) is 0 Å². The molecule has 0 saturated heterocycles. The van der Waals surface area contributed by atoms with E-state index in [9.17, 15) is 13.2 Å². The molecule has 2 unspecified atom stereocenters. The molecule has 0 amide bonds. The van der Waals surface area contributed by atoms with E-state index in [0.717, 1.165) is 0 Å². The van der Waals surface area contributed by atoms with Crippen molar-refractivity contribution in [3.05, 3.63) is 0 Å². The van der Waals surface area contributed by atoms with Gasteiger partial charge in [-0.2, -0.15) is 5.26 Å². The van der Waals surface area contributed by atoms with Gasteiger partial charge in [-0.15, -0.1) is 0 Å². The number of sulfonamides is 1. The molecule has 0 fully saturated rings. The van der Waals surface area contributed by atoms with Gasteiger partial charge in [0.2, 0.25) is 10.0 Å². The average molecular weight is 276 g/mol. The van der Waals surface area contributed by atoms with Crippen molar-refractivity contribution in [2.45, 2.75) is 38.9 Å². The molecule has 2 atom stereocenters. The zero-order chi connectivity index (χ0) is 14.3. The molecule has 0 spiro atoms. The second-order valence-corrected chi connectivity index (χ2v) is 6.84. The minimum Gasteiger partial charge on any atom is -0.481 e. The molecule has 0 bridgehead atoms. The zero-order valence-corrected chi connectivity index (χ0v) is 11.7. The third-order valence-corrected chi connectivity index (χ3v) is 4.09. The van der Waals surface area contributed by atoms with E-state index in [-0.39, 0.29) is 24.8 Å². The standard InChI is InChI=1S/C11H20N2O4S/c1-8(2)4-10(5-11(14)15)7-13-18(16,17)9(3)6-12/h8-10,13H,4-5,7H2,1-3H3,(H,14,15). The van der Waals surface area contributed by atoms with Crippen LogP contribution in [0, 0.1) is 23.2 Å². The summed E-state index contributed by atoms with van der Waals surface area (Å²) in [6.07, 6.45) is 0.539. The lowest BCUT2D eigenvalue weighted by atomic mass is 9.94. The SMILES string of the molecule is CC(C)CC(CNS(=O)(=O)C(C)C#N)CC(=O)O. The van der Waals surface area contributed by atoms with Gasteiger partial charge in [-0.1, -0.05) is 13.8 Å². The van der Waals surface area contributed by atoms with Crippen molar-refractivity contribution in [3.63, 3.8) is 0 Å². The second kappa shape index (κ2) is 7.34.